The minimum absolute atomic E-state index is 0.0143. The second kappa shape index (κ2) is 5.74. The van der Waals surface area contributed by atoms with Gasteiger partial charge in [0, 0.05) is 29.8 Å². The van der Waals surface area contributed by atoms with Gasteiger partial charge in [-0.05, 0) is 26.0 Å². The van der Waals surface area contributed by atoms with Gasteiger partial charge in [-0.3, -0.25) is 4.79 Å². The number of nitrogens with zero attached hydrogens (tertiary/aromatic N) is 8. The molecule has 0 saturated heterocycles. The van der Waals surface area contributed by atoms with Crippen LogP contribution in [0.2, 0.25) is 0 Å². The van der Waals surface area contributed by atoms with Crippen molar-refractivity contribution in [1.82, 2.24) is 39.3 Å². The SMILES string of the molecule is Cc1cc(C)n2nc(C(=O)Nc3cc(-n4cccn4)ncn3)nc2n1. The molecule has 0 aliphatic rings. The average molecular weight is 335 g/mol. The quantitative estimate of drug-likeness (QED) is 0.593. The Morgan fingerprint density at radius 2 is 2.04 bits per heavy atom. The highest BCUT2D eigenvalue weighted by molar-refractivity contribution is 6.01. The molecule has 0 radical (unpaired) electrons. The first-order chi connectivity index (χ1) is 12.1. The van der Waals surface area contributed by atoms with Gasteiger partial charge in [-0.1, -0.05) is 0 Å². The highest BCUT2D eigenvalue weighted by atomic mass is 16.2. The number of aromatic nitrogens is 8. The van der Waals surface area contributed by atoms with E-state index in [1.807, 2.05) is 19.9 Å². The number of carbonyl (C=O) groups excluding carboxylic acids is 1. The second-order valence-electron chi connectivity index (χ2n) is 5.35. The Labute approximate surface area is 141 Å². The number of amides is 1. The maximum atomic E-state index is 12.4. The molecule has 0 aromatic carbocycles. The van der Waals surface area contributed by atoms with Crippen LogP contribution >= 0.6 is 0 Å². The van der Waals surface area contributed by atoms with E-state index in [4.69, 9.17) is 0 Å². The fourth-order valence-electron chi connectivity index (χ4n) is 2.38. The summed E-state index contributed by atoms with van der Waals surface area (Å²) in [6.07, 6.45) is 4.73. The van der Waals surface area contributed by atoms with Crippen LogP contribution in [0.1, 0.15) is 22.0 Å². The molecule has 4 aromatic heterocycles. The van der Waals surface area contributed by atoms with Crippen molar-refractivity contribution < 1.29 is 4.79 Å². The number of carbonyl (C=O) groups is 1. The molecule has 0 saturated carbocycles. The Bertz CT molecular complexity index is 1070. The Kier molecular flexibility index (Phi) is 3.42. The van der Waals surface area contributed by atoms with Gasteiger partial charge in [0.2, 0.25) is 5.82 Å². The fourth-order valence-corrected chi connectivity index (χ4v) is 2.38. The van der Waals surface area contributed by atoms with Gasteiger partial charge in [0.15, 0.2) is 5.82 Å². The van der Waals surface area contributed by atoms with Crippen molar-refractivity contribution in [3.63, 3.8) is 0 Å². The van der Waals surface area contributed by atoms with Gasteiger partial charge in [0.25, 0.3) is 11.7 Å². The van der Waals surface area contributed by atoms with Crippen LogP contribution in [0, 0.1) is 13.8 Å². The smallest absolute Gasteiger partial charge is 0.296 e. The lowest BCUT2D eigenvalue weighted by Gasteiger charge is -2.04. The van der Waals surface area contributed by atoms with Crippen LogP contribution < -0.4 is 5.32 Å². The molecule has 0 aliphatic heterocycles. The van der Waals surface area contributed by atoms with Crippen LogP contribution in [0.4, 0.5) is 5.82 Å². The van der Waals surface area contributed by atoms with Crippen LogP contribution in [0.5, 0.6) is 0 Å². The molecule has 0 fully saturated rings. The van der Waals surface area contributed by atoms with Crippen molar-refractivity contribution in [1.29, 1.82) is 0 Å². The average Bonchev–Trinajstić information content (AvgIpc) is 3.24. The summed E-state index contributed by atoms with van der Waals surface area (Å²) < 4.78 is 3.09. The molecule has 0 atom stereocenters. The molecule has 4 aromatic rings. The van der Waals surface area contributed by atoms with Crippen LogP contribution in [-0.4, -0.2) is 45.2 Å². The van der Waals surface area contributed by atoms with Crippen LogP contribution in [0.25, 0.3) is 11.6 Å². The first kappa shape index (κ1) is 14.9. The lowest BCUT2D eigenvalue weighted by molar-refractivity contribution is 0.101. The van der Waals surface area contributed by atoms with Crippen molar-refractivity contribution in [3.05, 3.63) is 54.1 Å². The van der Waals surface area contributed by atoms with Gasteiger partial charge < -0.3 is 5.32 Å². The third-order valence-electron chi connectivity index (χ3n) is 3.45. The predicted octanol–water partition coefficient (Wildman–Crippen LogP) is 0.969. The summed E-state index contributed by atoms with van der Waals surface area (Å²) >= 11 is 0. The number of nitrogens with one attached hydrogen (secondary N) is 1. The molecule has 0 aliphatic carbocycles. The molecule has 0 bridgehead atoms. The fraction of sp³-hybridized carbons (Fsp3) is 0.133. The Morgan fingerprint density at radius 3 is 2.84 bits per heavy atom. The molecular weight excluding hydrogens is 322 g/mol. The minimum atomic E-state index is -0.479. The van der Waals surface area contributed by atoms with Gasteiger partial charge in [-0.25, -0.2) is 24.1 Å². The summed E-state index contributed by atoms with van der Waals surface area (Å²) in [4.78, 5) is 29.0. The van der Waals surface area contributed by atoms with Crippen LogP contribution in [-0.2, 0) is 0 Å². The lowest BCUT2D eigenvalue weighted by Crippen LogP contribution is -2.15. The zero-order valence-electron chi connectivity index (χ0n) is 13.5. The topological polar surface area (TPSA) is 116 Å². The lowest BCUT2D eigenvalue weighted by atomic mass is 10.4. The number of fused-ring (bicyclic) bond motifs is 1. The van der Waals surface area contributed by atoms with Crippen molar-refractivity contribution >= 4 is 17.5 Å². The number of anilines is 1. The third-order valence-corrected chi connectivity index (χ3v) is 3.45. The van der Waals surface area contributed by atoms with Gasteiger partial charge in [0.1, 0.15) is 12.1 Å². The van der Waals surface area contributed by atoms with E-state index in [-0.39, 0.29) is 5.82 Å². The van der Waals surface area contributed by atoms with Crippen molar-refractivity contribution in [2.75, 3.05) is 5.32 Å². The first-order valence-electron chi connectivity index (χ1n) is 7.44. The highest BCUT2D eigenvalue weighted by Gasteiger charge is 2.16. The Hall–Kier alpha value is -3.69. The van der Waals surface area contributed by atoms with E-state index in [1.54, 1.807) is 29.2 Å². The van der Waals surface area contributed by atoms with E-state index in [1.165, 1.54) is 10.8 Å². The molecule has 10 heteroatoms. The maximum Gasteiger partial charge on any atom is 0.296 e. The van der Waals surface area contributed by atoms with E-state index >= 15 is 0 Å². The molecule has 124 valence electrons. The Balaban J connectivity index is 1.62. The highest BCUT2D eigenvalue weighted by Crippen LogP contribution is 2.10. The van der Waals surface area contributed by atoms with Crippen molar-refractivity contribution in [2.24, 2.45) is 0 Å². The third kappa shape index (κ3) is 2.80. The van der Waals surface area contributed by atoms with E-state index in [0.29, 0.717) is 17.4 Å². The molecule has 0 spiro atoms. The van der Waals surface area contributed by atoms with E-state index < -0.39 is 5.91 Å². The van der Waals surface area contributed by atoms with Gasteiger partial charge in [0.05, 0.1) is 0 Å². The number of rotatable bonds is 3. The molecule has 0 unspecified atom stereocenters. The summed E-state index contributed by atoms with van der Waals surface area (Å²) in [6, 6.07) is 5.25. The van der Waals surface area contributed by atoms with Crippen LogP contribution in [0.3, 0.4) is 0 Å². The predicted molar refractivity (Wildman–Crippen MR) is 87.4 cm³/mol. The molecule has 1 amide bonds. The van der Waals surface area contributed by atoms with Gasteiger partial charge in [-0.2, -0.15) is 10.1 Å². The van der Waals surface area contributed by atoms with E-state index in [9.17, 15) is 4.79 Å². The largest absolute Gasteiger partial charge is 0.304 e. The van der Waals surface area contributed by atoms with E-state index in [2.05, 4.69) is 35.5 Å². The van der Waals surface area contributed by atoms with E-state index in [0.717, 1.165) is 11.4 Å². The zero-order chi connectivity index (χ0) is 17.4. The zero-order valence-corrected chi connectivity index (χ0v) is 13.5. The summed E-state index contributed by atoms with van der Waals surface area (Å²) in [5.74, 6) is 0.771. The number of aryl methyl sites for hydroxylation is 2. The van der Waals surface area contributed by atoms with Crippen LogP contribution in [0.15, 0.2) is 36.9 Å². The molecule has 25 heavy (non-hydrogen) atoms. The van der Waals surface area contributed by atoms with Crippen molar-refractivity contribution in [3.8, 4) is 5.82 Å². The second-order valence-corrected chi connectivity index (χ2v) is 5.35. The van der Waals surface area contributed by atoms with Gasteiger partial charge in [-0.15, -0.1) is 5.10 Å². The first-order valence-corrected chi connectivity index (χ1v) is 7.44. The summed E-state index contributed by atoms with van der Waals surface area (Å²) in [6.45, 7) is 3.73. The maximum absolute atomic E-state index is 12.4. The molecule has 1 N–H and O–H groups in total. The molecule has 4 heterocycles. The standard InChI is InChI=1S/C15H13N9O/c1-9-6-10(2)24-15(19-9)21-13(22-24)14(25)20-11-7-12(17-8-16-11)23-5-3-4-18-23/h3-8H,1-2H3,(H,16,17,20,25). The number of hydrogen-bond acceptors (Lipinski definition) is 7. The summed E-state index contributed by atoms with van der Waals surface area (Å²) in [7, 11) is 0. The number of hydrogen-bond donors (Lipinski definition) is 1. The summed E-state index contributed by atoms with van der Waals surface area (Å²) in [5, 5.41) is 10.9. The molecular formula is C15H13N9O. The molecule has 4 rings (SSSR count). The minimum Gasteiger partial charge on any atom is -0.304 e. The Morgan fingerprint density at radius 1 is 1.16 bits per heavy atom. The normalized spacial score (nSPS) is 11.0. The van der Waals surface area contributed by atoms with Crippen molar-refractivity contribution in [2.45, 2.75) is 13.8 Å². The summed E-state index contributed by atoms with van der Waals surface area (Å²) in [5.41, 5.74) is 1.65. The monoisotopic (exact) mass is 335 g/mol. The molecule has 10 nitrogen and oxygen atoms in total. The van der Waals surface area contributed by atoms with Gasteiger partial charge >= 0.3 is 0 Å².